The molecule has 0 radical (unpaired) electrons. The molecule has 0 atom stereocenters. The molecule has 4 rings (SSSR count). The van der Waals surface area contributed by atoms with E-state index >= 15 is 0 Å². The predicted octanol–water partition coefficient (Wildman–Crippen LogP) is 4.13. The maximum absolute atomic E-state index is 12.7. The number of hydrogen-bond acceptors (Lipinski definition) is 4. The summed E-state index contributed by atoms with van der Waals surface area (Å²) >= 11 is 0. The summed E-state index contributed by atoms with van der Waals surface area (Å²) < 4.78 is 7.55. The molecule has 1 amide bonds. The molecule has 31 heavy (non-hydrogen) atoms. The second kappa shape index (κ2) is 9.77. The number of likely N-dealkylation sites (tertiary alicyclic amines) is 1. The van der Waals surface area contributed by atoms with Crippen LogP contribution in [0.25, 0.3) is 11.4 Å². The summed E-state index contributed by atoms with van der Waals surface area (Å²) in [5.41, 5.74) is 3.23. The third-order valence-corrected chi connectivity index (χ3v) is 6.19. The minimum absolute atomic E-state index is 0.205. The van der Waals surface area contributed by atoms with Crippen LogP contribution in [0.5, 0.6) is 5.75 Å². The van der Waals surface area contributed by atoms with Gasteiger partial charge in [-0.15, -0.1) is 0 Å². The smallest absolute Gasteiger partial charge is 0.226 e. The summed E-state index contributed by atoms with van der Waals surface area (Å²) in [5.74, 6) is 2.61. The highest BCUT2D eigenvalue weighted by atomic mass is 16.5. The van der Waals surface area contributed by atoms with E-state index in [4.69, 9.17) is 4.74 Å². The van der Waals surface area contributed by atoms with Crippen molar-refractivity contribution in [2.24, 2.45) is 5.92 Å². The van der Waals surface area contributed by atoms with Crippen molar-refractivity contribution in [2.45, 2.75) is 39.2 Å². The van der Waals surface area contributed by atoms with E-state index in [1.54, 1.807) is 13.3 Å². The van der Waals surface area contributed by atoms with Gasteiger partial charge in [-0.1, -0.05) is 12.1 Å². The number of carbonyl (C=O) groups is 1. The van der Waals surface area contributed by atoms with Crippen molar-refractivity contribution < 1.29 is 9.53 Å². The lowest BCUT2D eigenvalue weighted by atomic mass is 9.93. The topological polar surface area (TPSA) is 60.2 Å². The minimum Gasteiger partial charge on any atom is -0.497 e. The molecule has 2 aromatic heterocycles. The number of nitrogens with zero attached hydrogens (tertiary/aromatic N) is 4. The van der Waals surface area contributed by atoms with Gasteiger partial charge in [0.1, 0.15) is 11.6 Å². The van der Waals surface area contributed by atoms with E-state index in [-0.39, 0.29) is 5.91 Å². The van der Waals surface area contributed by atoms with Crippen molar-refractivity contribution in [2.75, 3.05) is 20.2 Å². The molecule has 0 spiro atoms. The van der Waals surface area contributed by atoms with Gasteiger partial charge >= 0.3 is 0 Å². The first kappa shape index (κ1) is 21.1. The zero-order valence-electron chi connectivity index (χ0n) is 18.3. The van der Waals surface area contributed by atoms with Crippen LogP contribution in [0.1, 0.15) is 30.5 Å². The maximum Gasteiger partial charge on any atom is 0.226 e. The Balaban J connectivity index is 1.29. The van der Waals surface area contributed by atoms with Crippen molar-refractivity contribution in [3.05, 3.63) is 66.2 Å². The average Bonchev–Trinajstić information content (AvgIpc) is 3.19. The molecule has 0 aliphatic carbocycles. The van der Waals surface area contributed by atoms with Crippen molar-refractivity contribution >= 4 is 5.91 Å². The third-order valence-electron chi connectivity index (χ3n) is 6.19. The molecule has 0 saturated carbocycles. The maximum atomic E-state index is 12.7. The minimum atomic E-state index is 0.205. The summed E-state index contributed by atoms with van der Waals surface area (Å²) in [7, 11) is 1.65. The third kappa shape index (κ3) is 5.13. The Labute approximate surface area is 183 Å². The summed E-state index contributed by atoms with van der Waals surface area (Å²) in [5, 5.41) is 0. The first-order valence-electron chi connectivity index (χ1n) is 11.0. The number of pyridine rings is 1. The van der Waals surface area contributed by atoms with Gasteiger partial charge in [-0.3, -0.25) is 9.78 Å². The Morgan fingerprint density at radius 2 is 2.00 bits per heavy atom. The van der Waals surface area contributed by atoms with Crippen LogP contribution in [0.4, 0.5) is 0 Å². The highest BCUT2D eigenvalue weighted by Gasteiger charge is 2.23. The Bertz CT molecular complexity index is 1010. The fraction of sp³-hybridized carbons (Fsp3) is 0.400. The molecule has 1 saturated heterocycles. The molecule has 1 aromatic carbocycles. The van der Waals surface area contributed by atoms with Gasteiger partial charge in [0.25, 0.3) is 0 Å². The molecule has 3 aromatic rings. The normalized spacial score (nSPS) is 14.6. The predicted molar refractivity (Wildman–Crippen MR) is 121 cm³/mol. The second-order valence-corrected chi connectivity index (χ2v) is 8.26. The SMILES string of the molecule is COc1cccc(CC(=O)N2CCC(CCn3c(C)cnc3-c3cccnc3)CC2)c1. The molecule has 1 aliphatic rings. The van der Waals surface area contributed by atoms with Crippen molar-refractivity contribution in [3.63, 3.8) is 0 Å². The van der Waals surface area contributed by atoms with Gasteiger partial charge < -0.3 is 14.2 Å². The molecule has 1 fully saturated rings. The van der Waals surface area contributed by atoms with E-state index < -0.39 is 0 Å². The van der Waals surface area contributed by atoms with Crippen LogP contribution in [0.2, 0.25) is 0 Å². The van der Waals surface area contributed by atoms with Gasteiger partial charge in [-0.05, 0) is 61.9 Å². The lowest BCUT2D eigenvalue weighted by Gasteiger charge is -2.32. The van der Waals surface area contributed by atoms with E-state index in [0.717, 1.165) is 61.6 Å². The van der Waals surface area contributed by atoms with Gasteiger partial charge in [-0.25, -0.2) is 4.98 Å². The van der Waals surface area contributed by atoms with Crippen molar-refractivity contribution in [3.8, 4) is 17.1 Å². The quantitative estimate of drug-likeness (QED) is 0.579. The largest absolute Gasteiger partial charge is 0.497 e. The monoisotopic (exact) mass is 418 g/mol. The van der Waals surface area contributed by atoms with E-state index in [0.29, 0.717) is 12.3 Å². The van der Waals surface area contributed by atoms with Crippen molar-refractivity contribution in [1.82, 2.24) is 19.4 Å². The number of imidazole rings is 1. The Morgan fingerprint density at radius 3 is 2.74 bits per heavy atom. The first-order valence-corrected chi connectivity index (χ1v) is 11.0. The van der Waals surface area contributed by atoms with E-state index in [2.05, 4.69) is 27.5 Å². The number of aryl methyl sites for hydroxylation is 1. The highest BCUT2D eigenvalue weighted by molar-refractivity contribution is 5.79. The summed E-state index contributed by atoms with van der Waals surface area (Å²) in [4.78, 5) is 23.6. The number of carbonyl (C=O) groups excluding carboxylic acids is 1. The number of aromatic nitrogens is 3. The fourth-order valence-electron chi connectivity index (χ4n) is 4.32. The average molecular weight is 419 g/mol. The van der Waals surface area contributed by atoms with Crippen LogP contribution in [0.3, 0.4) is 0 Å². The highest BCUT2D eigenvalue weighted by Crippen LogP contribution is 2.25. The molecule has 1 aliphatic heterocycles. The number of methoxy groups -OCH3 is 1. The number of benzene rings is 1. The zero-order chi connectivity index (χ0) is 21.6. The number of hydrogen-bond donors (Lipinski definition) is 0. The lowest BCUT2D eigenvalue weighted by molar-refractivity contribution is -0.131. The van der Waals surface area contributed by atoms with Gasteiger partial charge in [0.2, 0.25) is 5.91 Å². The number of amides is 1. The number of piperidine rings is 1. The summed E-state index contributed by atoms with van der Waals surface area (Å²) in [6.45, 7) is 4.73. The summed E-state index contributed by atoms with van der Waals surface area (Å²) in [6, 6.07) is 11.8. The van der Waals surface area contributed by atoms with E-state index in [9.17, 15) is 4.79 Å². The Morgan fingerprint density at radius 1 is 1.16 bits per heavy atom. The van der Waals surface area contributed by atoms with Crippen molar-refractivity contribution in [1.29, 1.82) is 0 Å². The molecular formula is C25H30N4O2. The number of ether oxygens (including phenoxy) is 1. The van der Waals surface area contributed by atoms with Crippen LogP contribution in [0.15, 0.2) is 55.0 Å². The molecule has 0 unspecified atom stereocenters. The molecule has 6 nitrogen and oxygen atoms in total. The molecule has 0 bridgehead atoms. The standard InChI is InChI=1S/C25H30N4O2/c1-19-17-27-25(22-6-4-11-26-18-22)29(19)14-10-20-8-12-28(13-9-20)24(30)16-21-5-3-7-23(15-21)31-2/h3-7,11,15,17-18,20H,8-10,12-14,16H2,1-2H3. The molecule has 162 valence electrons. The van der Waals surface area contributed by atoms with Gasteiger partial charge in [0.15, 0.2) is 0 Å². The first-order chi connectivity index (χ1) is 15.1. The van der Waals surface area contributed by atoms with E-state index in [1.165, 1.54) is 5.69 Å². The molecule has 6 heteroatoms. The fourth-order valence-corrected chi connectivity index (χ4v) is 4.32. The van der Waals surface area contributed by atoms with Gasteiger partial charge in [0.05, 0.1) is 13.5 Å². The van der Waals surface area contributed by atoms with Crippen LogP contribution in [-0.2, 0) is 17.8 Å². The zero-order valence-corrected chi connectivity index (χ0v) is 18.3. The summed E-state index contributed by atoms with van der Waals surface area (Å²) in [6.07, 6.45) is 9.23. The van der Waals surface area contributed by atoms with Crippen LogP contribution < -0.4 is 4.74 Å². The van der Waals surface area contributed by atoms with Gasteiger partial charge in [0, 0.05) is 49.5 Å². The van der Waals surface area contributed by atoms with Crippen LogP contribution in [0, 0.1) is 12.8 Å². The van der Waals surface area contributed by atoms with Crippen LogP contribution in [-0.4, -0.2) is 45.5 Å². The second-order valence-electron chi connectivity index (χ2n) is 8.26. The van der Waals surface area contributed by atoms with E-state index in [1.807, 2.05) is 47.6 Å². The molecular weight excluding hydrogens is 388 g/mol. The molecule has 0 N–H and O–H groups in total. The van der Waals surface area contributed by atoms with Gasteiger partial charge in [-0.2, -0.15) is 0 Å². The molecule has 3 heterocycles. The lowest BCUT2D eigenvalue weighted by Crippen LogP contribution is -2.39. The van der Waals surface area contributed by atoms with Crippen LogP contribution >= 0.6 is 0 Å². The Hall–Kier alpha value is -3.15. The Kier molecular flexibility index (Phi) is 6.65. The number of rotatable bonds is 7.